The van der Waals surface area contributed by atoms with Gasteiger partial charge in [-0.05, 0) is 135 Å². The molecule has 0 aromatic heterocycles. The smallest absolute Gasteiger partial charge is 0.306 e. The van der Waals surface area contributed by atoms with Crippen LogP contribution in [0.25, 0.3) is 0 Å². The molecule has 0 aromatic carbocycles. The summed E-state index contributed by atoms with van der Waals surface area (Å²) >= 11 is 0. The minimum atomic E-state index is -0.787. The van der Waals surface area contributed by atoms with Crippen LogP contribution in [0.3, 0.4) is 0 Å². The lowest BCUT2D eigenvalue weighted by molar-refractivity contribution is -0.161. The summed E-state index contributed by atoms with van der Waals surface area (Å²) in [6.07, 6.45) is 116. The van der Waals surface area contributed by atoms with Gasteiger partial charge >= 0.3 is 11.9 Å². The molecule has 0 aliphatic carbocycles. The first kappa shape index (κ1) is 81.0. The Morgan fingerprint density at radius 2 is 0.465 bits per heavy atom. The number of carbonyl (C=O) groups excluding carboxylic acids is 2. The molecule has 0 amide bonds. The summed E-state index contributed by atoms with van der Waals surface area (Å²) in [4.78, 5) is 24.7. The summed E-state index contributed by atoms with van der Waals surface area (Å²) < 4.78 is 10.8. The molecule has 484 valence electrons. The van der Waals surface area contributed by atoms with Crippen molar-refractivity contribution in [2.24, 2.45) is 0 Å². The van der Waals surface area contributed by atoms with Crippen LogP contribution in [0, 0.1) is 0 Å². The van der Waals surface area contributed by atoms with Gasteiger partial charge in [-0.2, -0.15) is 0 Å². The van der Waals surface area contributed by atoms with E-state index >= 15 is 0 Å². The van der Waals surface area contributed by atoms with Crippen LogP contribution in [0.4, 0.5) is 0 Å². The molecule has 1 N–H and O–H groups in total. The molecule has 86 heavy (non-hydrogen) atoms. The number of esters is 2. The Morgan fingerprint density at radius 3 is 0.698 bits per heavy atom. The van der Waals surface area contributed by atoms with Crippen molar-refractivity contribution in [1.29, 1.82) is 0 Å². The van der Waals surface area contributed by atoms with Crippen LogP contribution in [-0.2, 0) is 19.1 Å². The number of aliphatic hydroxyl groups excluding tert-OH is 1. The molecule has 0 bridgehead atoms. The van der Waals surface area contributed by atoms with Gasteiger partial charge in [-0.15, -0.1) is 0 Å². The lowest BCUT2D eigenvalue weighted by atomic mass is 10.0. The first-order valence-corrected chi connectivity index (χ1v) is 35.3. The third-order valence-electron chi connectivity index (χ3n) is 14.7. The van der Waals surface area contributed by atoms with Crippen LogP contribution in [0.5, 0.6) is 0 Å². The standard InChI is InChI=1S/C81H130O5/c1-3-5-7-9-11-13-15-17-19-21-23-25-27-29-31-33-35-37-38-39-40-41-42-44-46-48-50-52-54-56-58-60-62-64-66-68-70-72-74-76-81(84)86-79(77-82)78-85-80(83)75-73-71-69-67-65-63-61-59-57-55-53-51-49-47-45-43-36-34-32-30-28-26-24-22-20-18-16-14-12-10-8-6-4-2/h5-8,11-14,17-20,23-26,29-32,35-37,39-40,42-44,47,49,79,82H,3-4,9-10,15-16,21-22,27-28,33-34,38,41,45-46,48,50-78H2,1-2H3/b7-5-,8-6-,13-11-,14-12-,19-17-,20-18-,25-23-,26-24-,31-29-,32-30-,37-35-,40-39-,43-36-,44-42-,49-47-. The van der Waals surface area contributed by atoms with Crippen molar-refractivity contribution in [3.63, 3.8) is 0 Å². The summed E-state index contributed by atoms with van der Waals surface area (Å²) in [5, 5.41) is 9.71. The van der Waals surface area contributed by atoms with E-state index in [0.717, 1.165) is 135 Å². The number of rotatable bonds is 63. The van der Waals surface area contributed by atoms with Crippen molar-refractivity contribution in [2.75, 3.05) is 13.2 Å². The largest absolute Gasteiger partial charge is 0.462 e. The Hall–Kier alpha value is -5.00. The molecule has 0 aliphatic heterocycles. The van der Waals surface area contributed by atoms with Crippen molar-refractivity contribution in [2.45, 2.75) is 302 Å². The van der Waals surface area contributed by atoms with E-state index in [4.69, 9.17) is 9.47 Å². The van der Waals surface area contributed by atoms with Crippen LogP contribution in [0.1, 0.15) is 296 Å². The van der Waals surface area contributed by atoms with E-state index in [1.807, 2.05) is 0 Å². The minimum Gasteiger partial charge on any atom is -0.462 e. The van der Waals surface area contributed by atoms with Crippen molar-refractivity contribution in [1.82, 2.24) is 0 Å². The van der Waals surface area contributed by atoms with Gasteiger partial charge in [0.15, 0.2) is 6.10 Å². The first-order valence-electron chi connectivity index (χ1n) is 35.3. The van der Waals surface area contributed by atoms with Gasteiger partial charge in [-0.1, -0.05) is 331 Å². The second-order valence-electron chi connectivity index (χ2n) is 22.8. The van der Waals surface area contributed by atoms with E-state index in [-0.39, 0.29) is 25.2 Å². The number of carbonyl (C=O) groups is 2. The molecule has 0 heterocycles. The average Bonchev–Trinajstić information content (AvgIpc) is 3.55. The van der Waals surface area contributed by atoms with Gasteiger partial charge in [-0.25, -0.2) is 0 Å². The molecule has 0 aromatic rings. The normalized spacial score (nSPS) is 13.4. The number of hydrogen-bond donors (Lipinski definition) is 1. The second-order valence-corrected chi connectivity index (χ2v) is 22.8. The molecule has 0 aliphatic rings. The predicted molar refractivity (Wildman–Crippen MR) is 380 cm³/mol. The van der Waals surface area contributed by atoms with Crippen LogP contribution in [0.2, 0.25) is 0 Å². The Kier molecular flexibility index (Phi) is 69.9. The Labute approximate surface area is 531 Å². The maximum atomic E-state index is 12.4. The molecular weight excluding hydrogens is 1050 g/mol. The van der Waals surface area contributed by atoms with E-state index in [1.54, 1.807) is 0 Å². The summed E-state index contributed by atoms with van der Waals surface area (Å²) in [7, 11) is 0. The van der Waals surface area contributed by atoms with Crippen LogP contribution < -0.4 is 0 Å². The predicted octanol–water partition coefficient (Wildman–Crippen LogP) is 25.0. The minimum absolute atomic E-state index is 0.0759. The third-order valence-corrected chi connectivity index (χ3v) is 14.7. The summed E-state index contributed by atoms with van der Waals surface area (Å²) in [5.41, 5.74) is 0. The number of allylic oxidation sites excluding steroid dienone is 30. The summed E-state index contributed by atoms with van der Waals surface area (Å²) in [5.74, 6) is -0.598. The molecule has 5 nitrogen and oxygen atoms in total. The fourth-order valence-corrected chi connectivity index (χ4v) is 9.49. The zero-order chi connectivity index (χ0) is 61.9. The molecule has 1 unspecified atom stereocenters. The zero-order valence-electron chi connectivity index (χ0n) is 55.5. The van der Waals surface area contributed by atoms with Crippen molar-refractivity contribution >= 4 is 11.9 Å². The highest BCUT2D eigenvalue weighted by Gasteiger charge is 2.16. The highest BCUT2D eigenvalue weighted by molar-refractivity contribution is 5.70. The van der Waals surface area contributed by atoms with E-state index in [1.165, 1.54) is 135 Å². The fourth-order valence-electron chi connectivity index (χ4n) is 9.49. The molecular formula is C81H130O5. The lowest BCUT2D eigenvalue weighted by Gasteiger charge is -2.15. The first-order chi connectivity index (χ1) is 42.6. The van der Waals surface area contributed by atoms with Gasteiger partial charge in [-0.3, -0.25) is 9.59 Å². The van der Waals surface area contributed by atoms with Gasteiger partial charge in [0.2, 0.25) is 0 Å². The van der Waals surface area contributed by atoms with Gasteiger partial charge < -0.3 is 14.6 Å². The molecule has 1 atom stereocenters. The topological polar surface area (TPSA) is 72.8 Å². The van der Waals surface area contributed by atoms with Crippen LogP contribution in [-0.4, -0.2) is 36.4 Å². The lowest BCUT2D eigenvalue weighted by Crippen LogP contribution is -2.28. The van der Waals surface area contributed by atoms with E-state index in [9.17, 15) is 14.7 Å². The highest BCUT2D eigenvalue weighted by atomic mass is 16.6. The SMILES string of the molecule is CC/C=C\C/C=C\C/C=C\C/C=C\C/C=C\C/C=C\C/C=C\C/C=C\CCCCCCCCCCCCCCCCC(=O)OC(CO)COC(=O)CCCCCCCCCCCCC/C=C\C/C=C\C/C=C\C/C=C\C/C=C\C/C=C\C/C=C\CC. The Balaban J connectivity index is 3.54. The quantitative estimate of drug-likeness (QED) is 0.0373. The average molecular weight is 1180 g/mol. The third kappa shape index (κ3) is 71.5. The van der Waals surface area contributed by atoms with Crippen LogP contribution >= 0.6 is 0 Å². The van der Waals surface area contributed by atoms with Crippen LogP contribution in [0.15, 0.2) is 182 Å². The maximum absolute atomic E-state index is 12.4. The number of hydrogen-bond acceptors (Lipinski definition) is 5. The fraction of sp³-hybridized carbons (Fsp3) is 0.605. The Bertz CT molecular complexity index is 1920. The number of aliphatic hydroxyl groups is 1. The van der Waals surface area contributed by atoms with Gasteiger partial charge in [0.05, 0.1) is 6.61 Å². The van der Waals surface area contributed by atoms with Crippen molar-refractivity contribution in [3.8, 4) is 0 Å². The van der Waals surface area contributed by atoms with E-state index in [2.05, 4.69) is 196 Å². The van der Waals surface area contributed by atoms with Gasteiger partial charge in [0, 0.05) is 12.8 Å². The molecule has 5 heteroatoms. The van der Waals surface area contributed by atoms with Crippen molar-refractivity contribution in [3.05, 3.63) is 182 Å². The van der Waals surface area contributed by atoms with E-state index in [0.29, 0.717) is 12.8 Å². The molecule has 0 fully saturated rings. The maximum Gasteiger partial charge on any atom is 0.306 e. The summed E-state index contributed by atoms with van der Waals surface area (Å²) in [6.45, 7) is 3.92. The molecule has 0 rings (SSSR count). The molecule has 0 radical (unpaired) electrons. The van der Waals surface area contributed by atoms with Crippen molar-refractivity contribution < 1.29 is 24.2 Å². The number of ether oxygens (including phenoxy) is 2. The monoisotopic (exact) mass is 1180 g/mol. The second kappa shape index (κ2) is 74.3. The van der Waals surface area contributed by atoms with E-state index < -0.39 is 6.10 Å². The summed E-state index contributed by atoms with van der Waals surface area (Å²) in [6, 6.07) is 0. The number of unbranched alkanes of at least 4 members (excludes halogenated alkanes) is 25. The zero-order valence-corrected chi connectivity index (χ0v) is 55.5. The molecule has 0 saturated heterocycles. The Morgan fingerprint density at radius 1 is 0.267 bits per heavy atom. The highest BCUT2D eigenvalue weighted by Crippen LogP contribution is 2.16. The molecule has 0 saturated carbocycles. The van der Waals surface area contributed by atoms with Gasteiger partial charge in [0.25, 0.3) is 0 Å². The molecule has 0 spiro atoms. The van der Waals surface area contributed by atoms with Gasteiger partial charge in [0.1, 0.15) is 6.61 Å².